The van der Waals surface area contributed by atoms with Crippen LogP contribution in [0.4, 0.5) is 4.39 Å². The zero-order chi connectivity index (χ0) is 19.6. The van der Waals surface area contributed by atoms with Crippen LogP contribution in [-0.4, -0.2) is 35.9 Å². The molecule has 0 aliphatic heterocycles. The van der Waals surface area contributed by atoms with E-state index in [1.807, 2.05) is 0 Å². The van der Waals surface area contributed by atoms with Gasteiger partial charge < -0.3 is 9.47 Å². The summed E-state index contributed by atoms with van der Waals surface area (Å²) in [6, 6.07) is 13.5. The first-order chi connectivity index (χ1) is 13.0. The molecule has 3 rings (SSSR count). The fourth-order valence-corrected chi connectivity index (χ4v) is 2.77. The molecule has 0 aliphatic rings. The van der Waals surface area contributed by atoms with E-state index in [9.17, 15) is 14.0 Å². The average Bonchev–Trinajstić information content (AvgIpc) is 3.09. The third-order valence-corrected chi connectivity index (χ3v) is 4.10. The SMILES string of the molecule is COC(=O)c1c(-c2cccc(C)c2F)nn(-c2ccccc2)c1C(=O)OC. The van der Waals surface area contributed by atoms with Crippen LogP contribution in [0.15, 0.2) is 48.5 Å². The van der Waals surface area contributed by atoms with Gasteiger partial charge in [0.25, 0.3) is 0 Å². The van der Waals surface area contributed by atoms with Gasteiger partial charge in [0.15, 0.2) is 5.69 Å². The molecule has 0 radical (unpaired) electrons. The largest absolute Gasteiger partial charge is 0.465 e. The number of para-hydroxylation sites is 1. The number of halogens is 1. The first-order valence-corrected chi connectivity index (χ1v) is 8.10. The standard InChI is InChI=1S/C20H17FN2O4/c1-12-8-7-11-14(16(12)21)17-15(19(24)26-2)18(20(25)27-3)23(22-17)13-9-5-4-6-10-13/h4-11H,1-3H3. The van der Waals surface area contributed by atoms with Gasteiger partial charge in [-0.1, -0.05) is 30.3 Å². The highest BCUT2D eigenvalue weighted by Gasteiger charge is 2.32. The highest BCUT2D eigenvalue weighted by molar-refractivity contribution is 6.06. The number of carbonyl (C=O) groups is 2. The normalized spacial score (nSPS) is 10.5. The average molecular weight is 368 g/mol. The Hall–Kier alpha value is -3.48. The molecule has 0 spiro atoms. The van der Waals surface area contributed by atoms with Gasteiger partial charge >= 0.3 is 11.9 Å². The lowest BCUT2D eigenvalue weighted by molar-refractivity contribution is 0.0549. The van der Waals surface area contributed by atoms with Crippen LogP contribution < -0.4 is 0 Å². The van der Waals surface area contributed by atoms with Crippen LogP contribution in [0.25, 0.3) is 16.9 Å². The Balaban J connectivity index is 2.40. The van der Waals surface area contributed by atoms with Gasteiger partial charge in [-0.2, -0.15) is 5.10 Å². The molecule has 0 bridgehead atoms. The molecule has 3 aromatic rings. The van der Waals surface area contributed by atoms with Crippen molar-refractivity contribution in [2.45, 2.75) is 6.92 Å². The van der Waals surface area contributed by atoms with E-state index in [2.05, 4.69) is 5.10 Å². The number of methoxy groups -OCH3 is 2. The van der Waals surface area contributed by atoms with E-state index < -0.39 is 17.8 Å². The van der Waals surface area contributed by atoms with Gasteiger partial charge in [-0.25, -0.2) is 18.7 Å². The van der Waals surface area contributed by atoms with Gasteiger partial charge in [-0.15, -0.1) is 0 Å². The quantitative estimate of drug-likeness (QED) is 0.659. The monoisotopic (exact) mass is 368 g/mol. The predicted molar refractivity (Wildman–Crippen MR) is 96.4 cm³/mol. The topological polar surface area (TPSA) is 70.4 Å². The van der Waals surface area contributed by atoms with Crippen molar-refractivity contribution < 1.29 is 23.5 Å². The number of carbonyl (C=O) groups excluding carboxylic acids is 2. The number of benzene rings is 2. The maximum atomic E-state index is 14.7. The first-order valence-electron chi connectivity index (χ1n) is 8.10. The van der Waals surface area contributed by atoms with Gasteiger partial charge in [0.2, 0.25) is 0 Å². The van der Waals surface area contributed by atoms with Gasteiger partial charge in [0.1, 0.15) is 17.1 Å². The summed E-state index contributed by atoms with van der Waals surface area (Å²) in [4.78, 5) is 24.9. The zero-order valence-electron chi connectivity index (χ0n) is 15.0. The van der Waals surface area contributed by atoms with Gasteiger partial charge in [-0.3, -0.25) is 0 Å². The molecule has 0 saturated heterocycles. The van der Waals surface area contributed by atoms with E-state index in [0.717, 1.165) is 0 Å². The molecule has 0 aliphatic carbocycles. The van der Waals surface area contributed by atoms with Gasteiger partial charge in [0, 0.05) is 5.56 Å². The molecule has 1 aromatic heterocycles. The van der Waals surface area contributed by atoms with Crippen molar-refractivity contribution in [2.75, 3.05) is 14.2 Å². The molecule has 1 heterocycles. The molecular weight excluding hydrogens is 351 g/mol. The fraction of sp³-hybridized carbons (Fsp3) is 0.150. The third-order valence-electron chi connectivity index (χ3n) is 4.10. The Morgan fingerprint density at radius 1 is 0.963 bits per heavy atom. The lowest BCUT2D eigenvalue weighted by atomic mass is 10.0. The number of aryl methyl sites for hydroxylation is 1. The van der Waals surface area contributed by atoms with Crippen LogP contribution >= 0.6 is 0 Å². The van der Waals surface area contributed by atoms with E-state index in [1.165, 1.54) is 25.0 Å². The molecule has 7 heteroatoms. The molecule has 0 fully saturated rings. The number of hydrogen-bond donors (Lipinski definition) is 0. The van der Waals surface area contributed by atoms with Crippen molar-refractivity contribution in [2.24, 2.45) is 0 Å². The summed E-state index contributed by atoms with van der Waals surface area (Å²) in [7, 11) is 2.37. The van der Waals surface area contributed by atoms with Crippen LogP contribution in [0, 0.1) is 12.7 Å². The Labute approximate surface area is 155 Å². The first kappa shape index (κ1) is 18.3. The molecule has 0 atom stereocenters. The van der Waals surface area contributed by atoms with Gasteiger partial charge in [0.05, 0.1) is 19.9 Å². The lowest BCUT2D eigenvalue weighted by Gasteiger charge is -2.07. The van der Waals surface area contributed by atoms with Crippen LogP contribution in [0.3, 0.4) is 0 Å². The van der Waals surface area contributed by atoms with Crippen molar-refractivity contribution in [1.82, 2.24) is 9.78 Å². The number of aromatic nitrogens is 2. The molecular formula is C20H17FN2O4. The Morgan fingerprint density at radius 3 is 2.26 bits per heavy atom. The zero-order valence-corrected chi connectivity index (χ0v) is 15.0. The van der Waals surface area contributed by atoms with Crippen molar-refractivity contribution in [3.05, 3.63) is 71.2 Å². The molecule has 2 aromatic carbocycles. The second-order valence-electron chi connectivity index (χ2n) is 5.74. The maximum Gasteiger partial charge on any atom is 0.357 e. The minimum atomic E-state index is -0.812. The highest BCUT2D eigenvalue weighted by atomic mass is 19.1. The number of rotatable bonds is 4. The summed E-state index contributed by atoms with van der Waals surface area (Å²) in [6.07, 6.45) is 0. The molecule has 27 heavy (non-hydrogen) atoms. The minimum absolute atomic E-state index is 0.00676. The van der Waals surface area contributed by atoms with Crippen molar-refractivity contribution in [3.8, 4) is 16.9 Å². The summed E-state index contributed by atoms with van der Waals surface area (Å²) in [5, 5.41) is 4.37. The Bertz CT molecular complexity index is 1010. The third kappa shape index (κ3) is 3.19. The lowest BCUT2D eigenvalue weighted by Crippen LogP contribution is -2.15. The van der Waals surface area contributed by atoms with E-state index in [-0.39, 0.29) is 22.5 Å². The molecule has 0 N–H and O–H groups in total. The van der Waals surface area contributed by atoms with E-state index >= 15 is 0 Å². The van der Waals surface area contributed by atoms with Crippen LogP contribution in [0.1, 0.15) is 26.4 Å². The summed E-state index contributed by atoms with van der Waals surface area (Å²) in [6.45, 7) is 1.60. The Kier molecular flexibility index (Phi) is 5.03. The summed E-state index contributed by atoms with van der Waals surface area (Å²) in [5.41, 5.74) is 0.714. The second kappa shape index (κ2) is 7.41. The van der Waals surface area contributed by atoms with Crippen LogP contribution in [-0.2, 0) is 9.47 Å². The smallest absolute Gasteiger partial charge is 0.357 e. The molecule has 138 valence electrons. The molecule has 0 saturated carbocycles. The summed E-state index contributed by atoms with van der Waals surface area (Å²) >= 11 is 0. The number of ether oxygens (including phenoxy) is 2. The predicted octanol–water partition coefficient (Wildman–Crippen LogP) is 3.56. The van der Waals surface area contributed by atoms with Crippen molar-refractivity contribution >= 4 is 11.9 Å². The molecule has 0 amide bonds. The molecule has 0 unspecified atom stereocenters. The number of esters is 2. The second-order valence-corrected chi connectivity index (χ2v) is 5.74. The summed E-state index contributed by atoms with van der Waals surface area (Å²) in [5.74, 6) is -2.13. The highest BCUT2D eigenvalue weighted by Crippen LogP contribution is 2.31. The van der Waals surface area contributed by atoms with Crippen molar-refractivity contribution in [1.29, 1.82) is 0 Å². The summed E-state index contributed by atoms with van der Waals surface area (Å²) < 4.78 is 25.7. The fourth-order valence-electron chi connectivity index (χ4n) is 2.77. The Morgan fingerprint density at radius 2 is 1.63 bits per heavy atom. The van der Waals surface area contributed by atoms with E-state index in [1.54, 1.807) is 49.4 Å². The van der Waals surface area contributed by atoms with Gasteiger partial charge in [-0.05, 0) is 30.7 Å². The number of nitrogens with zero attached hydrogens (tertiary/aromatic N) is 2. The maximum absolute atomic E-state index is 14.7. The van der Waals surface area contributed by atoms with E-state index in [0.29, 0.717) is 11.3 Å². The van der Waals surface area contributed by atoms with E-state index in [4.69, 9.17) is 9.47 Å². The minimum Gasteiger partial charge on any atom is -0.465 e. The van der Waals surface area contributed by atoms with Crippen LogP contribution in [0.2, 0.25) is 0 Å². The number of hydrogen-bond acceptors (Lipinski definition) is 5. The molecule has 6 nitrogen and oxygen atoms in total. The van der Waals surface area contributed by atoms with Crippen molar-refractivity contribution in [3.63, 3.8) is 0 Å². The van der Waals surface area contributed by atoms with Crippen LogP contribution in [0.5, 0.6) is 0 Å².